The predicted molar refractivity (Wildman–Crippen MR) is 58.9 cm³/mol. The van der Waals surface area contributed by atoms with Gasteiger partial charge in [-0.3, -0.25) is 4.79 Å². The van der Waals surface area contributed by atoms with Crippen molar-refractivity contribution in [3.63, 3.8) is 0 Å². The zero-order chi connectivity index (χ0) is 12.8. The summed E-state index contributed by atoms with van der Waals surface area (Å²) in [6.45, 7) is 0. The number of hydrogen-bond donors (Lipinski definition) is 3. The average molecular weight is 255 g/mol. The van der Waals surface area contributed by atoms with Crippen LogP contribution in [0.2, 0.25) is 0 Å². The number of carboxylic acids is 1. The molecular weight excluding hydrogens is 246 g/mol. The van der Waals surface area contributed by atoms with Gasteiger partial charge in [-0.2, -0.15) is 0 Å². The number of phenolic OH excluding ortho intramolecular Hbond substituents is 1. The van der Waals surface area contributed by atoms with E-state index in [0.29, 0.717) is 5.56 Å². The lowest BCUT2D eigenvalue weighted by Crippen LogP contribution is -2.34. The van der Waals surface area contributed by atoms with E-state index >= 15 is 0 Å². The number of benzene rings is 1. The van der Waals surface area contributed by atoms with E-state index in [0.717, 1.165) is 6.07 Å². The van der Waals surface area contributed by atoms with Gasteiger partial charge in [-0.15, -0.1) is 0 Å². The van der Waals surface area contributed by atoms with Gasteiger partial charge >= 0.3 is 5.97 Å². The Balaban J connectivity index is 2.61. The summed E-state index contributed by atoms with van der Waals surface area (Å²) < 4.78 is 23.9. The minimum absolute atomic E-state index is 0.121. The van der Waals surface area contributed by atoms with Crippen LogP contribution in [-0.4, -0.2) is 30.6 Å². The first-order valence-corrected chi connectivity index (χ1v) is 6.10. The van der Waals surface area contributed by atoms with Gasteiger partial charge in [0, 0.05) is 0 Å². The van der Waals surface area contributed by atoms with Crippen molar-refractivity contribution in [1.29, 1.82) is 0 Å². The highest BCUT2D eigenvalue weighted by Crippen LogP contribution is 2.35. The van der Waals surface area contributed by atoms with Crippen LogP contribution in [-0.2, 0) is 14.6 Å². The Labute approximate surface area is 96.9 Å². The van der Waals surface area contributed by atoms with Crippen LogP contribution < -0.4 is 5.73 Å². The lowest BCUT2D eigenvalue weighted by Gasteiger charge is -2.07. The van der Waals surface area contributed by atoms with Crippen LogP contribution in [0.4, 0.5) is 0 Å². The van der Waals surface area contributed by atoms with Crippen LogP contribution in [0.25, 0.3) is 6.08 Å². The molecule has 0 fully saturated rings. The molecule has 2 rings (SSSR count). The smallest absolute Gasteiger partial charge is 0.325 e. The summed E-state index contributed by atoms with van der Waals surface area (Å²) in [6, 6.07) is 2.18. The number of aliphatic carboxylic acids is 1. The molecule has 17 heavy (non-hydrogen) atoms. The molecule has 6 nitrogen and oxygen atoms in total. The van der Waals surface area contributed by atoms with Crippen LogP contribution >= 0.6 is 0 Å². The zero-order valence-corrected chi connectivity index (χ0v) is 9.31. The van der Waals surface area contributed by atoms with Crippen LogP contribution in [0.15, 0.2) is 28.0 Å². The summed E-state index contributed by atoms with van der Waals surface area (Å²) in [5.74, 6) is -1.62. The number of hydrogen-bond acceptors (Lipinski definition) is 5. The lowest BCUT2D eigenvalue weighted by molar-refractivity contribution is -0.137. The third kappa shape index (κ3) is 1.69. The van der Waals surface area contributed by atoms with Crippen LogP contribution in [0.1, 0.15) is 5.56 Å². The van der Waals surface area contributed by atoms with E-state index in [4.69, 9.17) is 10.8 Å². The third-order valence-electron chi connectivity index (χ3n) is 2.47. The minimum Gasteiger partial charge on any atom is -0.508 e. The molecule has 0 radical (unpaired) electrons. The summed E-state index contributed by atoms with van der Waals surface area (Å²) in [7, 11) is -3.92. The number of phenols is 1. The maximum Gasteiger partial charge on any atom is 0.325 e. The summed E-state index contributed by atoms with van der Waals surface area (Å²) in [4.78, 5) is 10.2. The Morgan fingerprint density at radius 3 is 2.59 bits per heavy atom. The quantitative estimate of drug-likeness (QED) is 0.681. The van der Waals surface area contributed by atoms with Crippen molar-refractivity contribution in [2.24, 2.45) is 5.73 Å². The van der Waals surface area contributed by atoms with E-state index in [1.54, 1.807) is 0 Å². The van der Waals surface area contributed by atoms with Crippen molar-refractivity contribution < 1.29 is 23.4 Å². The number of nitrogens with two attached hydrogens (primary N) is 1. The molecule has 1 aliphatic heterocycles. The molecule has 0 bridgehead atoms. The highest BCUT2D eigenvalue weighted by Gasteiger charge is 2.36. The molecule has 0 spiro atoms. The van der Waals surface area contributed by atoms with Gasteiger partial charge < -0.3 is 15.9 Å². The second-order valence-corrected chi connectivity index (χ2v) is 5.51. The number of fused-ring (bicyclic) bond motifs is 1. The molecule has 1 aromatic rings. The maximum atomic E-state index is 12.0. The van der Waals surface area contributed by atoms with Gasteiger partial charge in [-0.05, 0) is 29.8 Å². The van der Waals surface area contributed by atoms with Crippen molar-refractivity contribution in [2.75, 3.05) is 0 Å². The highest BCUT2D eigenvalue weighted by molar-refractivity contribution is 7.96. The Morgan fingerprint density at radius 2 is 2.00 bits per heavy atom. The topological polar surface area (TPSA) is 118 Å². The lowest BCUT2D eigenvalue weighted by atomic mass is 10.1. The monoisotopic (exact) mass is 255 g/mol. The van der Waals surface area contributed by atoms with Gasteiger partial charge in [0.05, 0.1) is 9.80 Å². The maximum absolute atomic E-state index is 12.0. The van der Waals surface area contributed by atoms with Crippen molar-refractivity contribution >= 4 is 21.9 Å². The van der Waals surface area contributed by atoms with E-state index in [1.165, 1.54) is 18.2 Å². The predicted octanol–water partition coefficient (Wildman–Crippen LogP) is -0.0677. The molecule has 0 saturated heterocycles. The molecule has 1 aromatic carbocycles. The second kappa shape index (κ2) is 3.57. The largest absolute Gasteiger partial charge is 0.508 e. The van der Waals surface area contributed by atoms with Crippen molar-refractivity contribution in [3.05, 3.63) is 28.7 Å². The number of rotatable bonds is 2. The molecule has 1 unspecified atom stereocenters. The molecule has 1 atom stereocenters. The van der Waals surface area contributed by atoms with E-state index in [2.05, 4.69) is 0 Å². The van der Waals surface area contributed by atoms with E-state index < -0.39 is 21.8 Å². The SMILES string of the molecule is NC(C(=O)O)C1=Cc2ccc(O)cc2S1(=O)=O. The fraction of sp³-hybridized carbons (Fsp3) is 0.100. The molecule has 0 aliphatic carbocycles. The van der Waals surface area contributed by atoms with Crippen LogP contribution in [0.3, 0.4) is 0 Å². The van der Waals surface area contributed by atoms with E-state index in [9.17, 15) is 18.3 Å². The fourth-order valence-electron chi connectivity index (χ4n) is 1.61. The number of carboxylic acid groups (broad SMARTS) is 1. The van der Waals surface area contributed by atoms with Gasteiger partial charge in [-0.1, -0.05) is 0 Å². The molecule has 1 heterocycles. The molecule has 7 heteroatoms. The van der Waals surface area contributed by atoms with Gasteiger partial charge in [0.25, 0.3) is 0 Å². The first kappa shape index (κ1) is 11.6. The minimum atomic E-state index is -3.92. The summed E-state index contributed by atoms with van der Waals surface area (Å²) >= 11 is 0. The highest BCUT2D eigenvalue weighted by atomic mass is 32.2. The van der Waals surface area contributed by atoms with E-state index in [-0.39, 0.29) is 15.6 Å². The second-order valence-electron chi connectivity index (χ2n) is 3.59. The average Bonchev–Trinajstić information content (AvgIpc) is 2.50. The number of carbonyl (C=O) groups is 1. The molecule has 0 saturated carbocycles. The summed E-state index contributed by atoms with van der Waals surface area (Å²) in [6.07, 6.45) is 1.21. The van der Waals surface area contributed by atoms with Gasteiger partial charge in [0.15, 0.2) is 0 Å². The van der Waals surface area contributed by atoms with Gasteiger partial charge in [-0.25, -0.2) is 8.42 Å². The Morgan fingerprint density at radius 1 is 1.35 bits per heavy atom. The summed E-state index contributed by atoms with van der Waals surface area (Å²) in [5.41, 5.74) is 5.63. The Bertz CT molecular complexity index is 632. The standard InChI is InChI=1S/C10H9NO5S/c11-9(10(13)14)8-3-5-1-2-6(12)4-7(5)17(8,15)16/h1-4,9,12H,11H2,(H,13,14). The first-order chi connectivity index (χ1) is 7.84. The third-order valence-corrected chi connectivity index (χ3v) is 4.39. The molecular formula is C10H9NO5S. The molecule has 0 aromatic heterocycles. The van der Waals surface area contributed by atoms with Gasteiger partial charge in [0.1, 0.15) is 11.8 Å². The Kier molecular flexibility index (Phi) is 2.44. The number of aromatic hydroxyl groups is 1. The summed E-state index contributed by atoms with van der Waals surface area (Å²) in [5, 5.41) is 18.0. The zero-order valence-electron chi connectivity index (χ0n) is 8.49. The van der Waals surface area contributed by atoms with E-state index in [1.807, 2.05) is 0 Å². The van der Waals surface area contributed by atoms with Gasteiger partial charge in [0.2, 0.25) is 9.84 Å². The molecule has 1 aliphatic rings. The number of sulfone groups is 1. The van der Waals surface area contributed by atoms with Crippen molar-refractivity contribution in [1.82, 2.24) is 0 Å². The van der Waals surface area contributed by atoms with Crippen LogP contribution in [0.5, 0.6) is 5.75 Å². The molecule has 0 amide bonds. The van der Waals surface area contributed by atoms with Crippen molar-refractivity contribution in [3.8, 4) is 5.75 Å². The van der Waals surface area contributed by atoms with Crippen LogP contribution in [0, 0.1) is 0 Å². The first-order valence-electron chi connectivity index (χ1n) is 4.62. The molecule has 90 valence electrons. The molecule has 4 N–H and O–H groups in total. The van der Waals surface area contributed by atoms with Crippen molar-refractivity contribution in [2.45, 2.75) is 10.9 Å². The Hall–Kier alpha value is -1.86. The normalized spacial score (nSPS) is 18.3. The fourth-order valence-corrected chi connectivity index (χ4v) is 3.30.